The first-order valence-corrected chi connectivity index (χ1v) is 6.30. The summed E-state index contributed by atoms with van der Waals surface area (Å²) in [4.78, 5) is 12.6. The van der Waals surface area contributed by atoms with E-state index in [9.17, 15) is 9.90 Å². The van der Waals surface area contributed by atoms with E-state index < -0.39 is 5.97 Å². The summed E-state index contributed by atoms with van der Waals surface area (Å²) >= 11 is 1.44. The van der Waals surface area contributed by atoms with Crippen LogP contribution in [0.15, 0.2) is 52.3 Å². The van der Waals surface area contributed by atoms with Gasteiger partial charge in [-0.05, 0) is 42.5 Å². The lowest BCUT2D eigenvalue weighted by molar-refractivity contribution is 0.0696. The molecule has 2 rings (SSSR count). The highest BCUT2D eigenvalue weighted by Gasteiger charge is 2.10. The van der Waals surface area contributed by atoms with Crippen LogP contribution in [0.3, 0.4) is 0 Å². The van der Waals surface area contributed by atoms with E-state index in [1.165, 1.54) is 31.0 Å². The van der Waals surface area contributed by atoms with Gasteiger partial charge >= 0.3 is 5.97 Å². The number of carboxylic acids is 1. The number of hydrogen-bond donors (Lipinski definition) is 2. The SMILES string of the molecule is COc1cc(C(=O)O)ccc1Sc1ccc(O)cc1. The van der Waals surface area contributed by atoms with E-state index in [0.29, 0.717) is 5.75 Å². The van der Waals surface area contributed by atoms with Gasteiger partial charge in [-0.2, -0.15) is 0 Å². The number of rotatable bonds is 4. The smallest absolute Gasteiger partial charge is 0.335 e. The fourth-order valence-corrected chi connectivity index (χ4v) is 2.43. The summed E-state index contributed by atoms with van der Waals surface area (Å²) in [5, 5.41) is 18.1. The molecule has 0 aromatic heterocycles. The van der Waals surface area contributed by atoms with Gasteiger partial charge in [0, 0.05) is 4.90 Å². The predicted octanol–water partition coefficient (Wildman–Crippen LogP) is 3.25. The maximum atomic E-state index is 10.9. The maximum absolute atomic E-state index is 10.9. The molecule has 0 aliphatic heterocycles. The second kappa shape index (κ2) is 5.67. The number of phenols is 1. The van der Waals surface area contributed by atoms with Crippen LogP contribution in [-0.2, 0) is 0 Å². The molecule has 0 aliphatic rings. The van der Waals surface area contributed by atoms with Crippen molar-refractivity contribution in [1.82, 2.24) is 0 Å². The Kier molecular flexibility index (Phi) is 3.97. The van der Waals surface area contributed by atoms with Crippen LogP contribution in [0.5, 0.6) is 11.5 Å². The molecule has 0 unspecified atom stereocenters. The van der Waals surface area contributed by atoms with Crippen LogP contribution in [0.25, 0.3) is 0 Å². The van der Waals surface area contributed by atoms with Gasteiger partial charge in [0.1, 0.15) is 11.5 Å². The predicted molar refractivity (Wildman–Crippen MR) is 72.2 cm³/mol. The topological polar surface area (TPSA) is 66.8 Å². The van der Waals surface area contributed by atoms with Gasteiger partial charge in [-0.1, -0.05) is 11.8 Å². The first-order chi connectivity index (χ1) is 9.10. The van der Waals surface area contributed by atoms with Crippen molar-refractivity contribution in [2.45, 2.75) is 9.79 Å². The number of aromatic carboxylic acids is 1. The fraction of sp³-hybridized carbons (Fsp3) is 0.0714. The molecule has 0 amide bonds. The number of ether oxygens (including phenoxy) is 1. The molecule has 0 aliphatic carbocycles. The minimum absolute atomic E-state index is 0.187. The van der Waals surface area contributed by atoms with Gasteiger partial charge < -0.3 is 14.9 Å². The van der Waals surface area contributed by atoms with Crippen molar-refractivity contribution in [2.24, 2.45) is 0 Å². The average Bonchev–Trinajstić information content (AvgIpc) is 2.41. The molecule has 5 heteroatoms. The van der Waals surface area contributed by atoms with Crippen molar-refractivity contribution < 1.29 is 19.7 Å². The molecule has 19 heavy (non-hydrogen) atoms. The van der Waals surface area contributed by atoms with E-state index in [4.69, 9.17) is 9.84 Å². The molecular formula is C14H12O4S. The van der Waals surface area contributed by atoms with Crippen LogP contribution in [0.1, 0.15) is 10.4 Å². The Hall–Kier alpha value is -2.14. The van der Waals surface area contributed by atoms with Gasteiger partial charge in [-0.25, -0.2) is 4.79 Å². The summed E-state index contributed by atoms with van der Waals surface area (Å²) < 4.78 is 5.20. The van der Waals surface area contributed by atoms with Gasteiger partial charge in [0.05, 0.1) is 17.6 Å². The van der Waals surface area contributed by atoms with Crippen LogP contribution < -0.4 is 4.74 Å². The monoisotopic (exact) mass is 276 g/mol. The highest BCUT2D eigenvalue weighted by Crippen LogP contribution is 2.35. The van der Waals surface area contributed by atoms with Gasteiger partial charge in [0.2, 0.25) is 0 Å². The minimum atomic E-state index is -0.987. The fourth-order valence-electron chi connectivity index (χ4n) is 1.53. The zero-order chi connectivity index (χ0) is 13.8. The molecule has 2 N–H and O–H groups in total. The Bertz CT molecular complexity index is 593. The molecule has 0 saturated heterocycles. The van der Waals surface area contributed by atoms with Crippen molar-refractivity contribution in [3.05, 3.63) is 48.0 Å². The molecule has 0 fully saturated rings. The third-order valence-corrected chi connectivity index (χ3v) is 3.54. The summed E-state index contributed by atoms with van der Waals surface area (Å²) in [6.07, 6.45) is 0. The second-order valence-electron chi connectivity index (χ2n) is 3.77. The minimum Gasteiger partial charge on any atom is -0.508 e. The van der Waals surface area contributed by atoms with E-state index in [0.717, 1.165) is 9.79 Å². The highest BCUT2D eigenvalue weighted by atomic mass is 32.2. The number of hydrogen-bond acceptors (Lipinski definition) is 4. The summed E-state index contributed by atoms with van der Waals surface area (Å²) in [5.41, 5.74) is 0.187. The van der Waals surface area contributed by atoms with Crippen molar-refractivity contribution >= 4 is 17.7 Å². The Morgan fingerprint density at radius 1 is 1.16 bits per heavy atom. The number of carbonyl (C=O) groups is 1. The highest BCUT2D eigenvalue weighted by molar-refractivity contribution is 7.99. The number of methoxy groups -OCH3 is 1. The Balaban J connectivity index is 2.29. The van der Waals surface area contributed by atoms with Gasteiger partial charge in [0.15, 0.2) is 0 Å². The summed E-state index contributed by atoms with van der Waals surface area (Å²) in [5.74, 6) is -0.269. The average molecular weight is 276 g/mol. The third kappa shape index (κ3) is 3.20. The molecule has 2 aromatic rings. The first-order valence-electron chi connectivity index (χ1n) is 5.48. The van der Waals surface area contributed by atoms with E-state index >= 15 is 0 Å². The van der Waals surface area contributed by atoms with Gasteiger partial charge in [-0.3, -0.25) is 0 Å². The first kappa shape index (κ1) is 13.3. The van der Waals surface area contributed by atoms with Crippen LogP contribution in [0.2, 0.25) is 0 Å². The van der Waals surface area contributed by atoms with Crippen LogP contribution in [-0.4, -0.2) is 23.3 Å². The lowest BCUT2D eigenvalue weighted by atomic mass is 10.2. The molecular weight excluding hydrogens is 264 g/mol. The summed E-state index contributed by atoms with van der Waals surface area (Å²) in [7, 11) is 1.50. The van der Waals surface area contributed by atoms with Crippen molar-refractivity contribution in [2.75, 3.05) is 7.11 Å². The molecule has 0 radical (unpaired) electrons. The van der Waals surface area contributed by atoms with E-state index in [2.05, 4.69) is 0 Å². The number of aromatic hydroxyl groups is 1. The lowest BCUT2D eigenvalue weighted by Crippen LogP contribution is -1.97. The summed E-state index contributed by atoms with van der Waals surface area (Å²) in [6.45, 7) is 0. The van der Waals surface area contributed by atoms with E-state index in [-0.39, 0.29) is 11.3 Å². The van der Waals surface area contributed by atoms with Crippen molar-refractivity contribution in [3.63, 3.8) is 0 Å². The standard InChI is InChI=1S/C14H12O4S/c1-18-12-8-9(14(16)17)2-7-13(12)19-11-5-3-10(15)4-6-11/h2-8,15H,1H3,(H,16,17). The summed E-state index contributed by atoms with van der Waals surface area (Å²) in [6, 6.07) is 11.5. The Labute approximate surface area is 114 Å². The number of phenolic OH excluding ortho intramolecular Hbond substituents is 1. The zero-order valence-electron chi connectivity index (χ0n) is 10.2. The normalized spacial score (nSPS) is 10.2. The van der Waals surface area contributed by atoms with Gasteiger partial charge in [-0.15, -0.1) is 0 Å². The molecule has 0 bridgehead atoms. The Morgan fingerprint density at radius 3 is 2.42 bits per heavy atom. The van der Waals surface area contributed by atoms with Crippen LogP contribution in [0, 0.1) is 0 Å². The third-order valence-electron chi connectivity index (χ3n) is 2.48. The largest absolute Gasteiger partial charge is 0.508 e. The Morgan fingerprint density at radius 2 is 1.84 bits per heavy atom. The number of carboxylic acid groups (broad SMARTS) is 1. The van der Waals surface area contributed by atoms with Crippen molar-refractivity contribution in [3.8, 4) is 11.5 Å². The molecule has 0 atom stereocenters. The molecule has 0 heterocycles. The molecule has 0 spiro atoms. The van der Waals surface area contributed by atoms with Crippen LogP contribution in [0.4, 0.5) is 0 Å². The molecule has 98 valence electrons. The van der Waals surface area contributed by atoms with E-state index in [1.54, 1.807) is 30.3 Å². The van der Waals surface area contributed by atoms with Gasteiger partial charge in [0.25, 0.3) is 0 Å². The number of benzene rings is 2. The van der Waals surface area contributed by atoms with E-state index in [1.807, 2.05) is 0 Å². The maximum Gasteiger partial charge on any atom is 0.335 e. The van der Waals surface area contributed by atoms with Crippen molar-refractivity contribution in [1.29, 1.82) is 0 Å². The quantitative estimate of drug-likeness (QED) is 0.897. The molecule has 0 saturated carbocycles. The lowest BCUT2D eigenvalue weighted by Gasteiger charge is -2.09. The van der Waals surface area contributed by atoms with Crippen LogP contribution >= 0.6 is 11.8 Å². The zero-order valence-corrected chi connectivity index (χ0v) is 11.0. The second-order valence-corrected chi connectivity index (χ2v) is 4.88. The molecule has 4 nitrogen and oxygen atoms in total. The molecule has 2 aromatic carbocycles.